The molecule has 50 heavy (non-hydrogen) atoms. The second kappa shape index (κ2) is 17.8. The molecule has 1 aromatic rings. The van der Waals surface area contributed by atoms with Crippen LogP contribution in [-0.2, 0) is 21.1 Å². The number of nitrogens with one attached hydrogen (secondary N) is 3. The standard InChI is InChI=1S/C41H71N3O5S/c1-29(2)38(49-50(46,47)48)17-14-30(3)34-15-16-35-39-36(19-21-41(34,35)5)40(4)20-18-33(26-32(40)27-37(39)45)44-25-11-24-42-22-9-10-23-43-28-31-12-7-6-8-13-31/h6-8,12-13,29-30,32-39,42-45H,9-11,14-28H2,1-5H3,(H,46,47,48)/t30-,32-,33+,34-,35?,36?,37?,38-,39?,40+,41-/m1/s1. The molecule has 4 fully saturated rings. The molecular weight excluding hydrogens is 647 g/mol. The number of rotatable bonds is 19. The molecule has 11 atom stereocenters. The van der Waals surface area contributed by atoms with E-state index in [1.807, 2.05) is 13.8 Å². The minimum Gasteiger partial charge on any atom is -0.393 e. The van der Waals surface area contributed by atoms with Crippen LogP contribution >= 0.6 is 0 Å². The van der Waals surface area contributed by atoms with Crippen LogP contribution in [0.2, 0.25) is 0 Å². The first-order valence-electron chi connectivity index (χ1n) is 20.3. The summed E-state index contributed by atoms with van der Waals surface area (Å²) < 4.78 is 37.2. The summed E-state index contributed by atoms with van der Waals surface area (Å²) in [6, 6.07) is 11.2. The zero-order valence-corrected chi connectivity index (χ0v) is 32.7. The highest BCUT2D eigenvalue weighted by atomic mass is 32.3. The lowest BCUT2D eigenvalue weighted by atomic mass is 9.43. The Bertz CT molecular complexity index is 1280. The van der Waals surface area contributed by atoms with Gasteiger partial charge in [0.15, 0.2) is 0 Å². The van der Waals surface area contributed by atoms with E-state index in [0.29, 0.717) is 53.4 Å². The van der Waals surface area contributed by atoms with E-state index in [1.165, 1.54) is 63.4 Å². The van der Waals surface area contributed by atoms with E-state index in [2.05, 4.69) is 67.1 Å². The van der Waals surface area contributed by atoms with Crippen molar-refractivity contribution >= 4 is 10.4 Å². The number of hydrogen-bond acceptors (Lipinski definition) is 7. The highest BCUT2D eigenvalue weighted by Gasteiger charge is 2.62. The van der Waals surface area contributed by atoms with Crippen LogP contribution in [0.5, 0.6) is 0 Å². The van der Waals surface area contributed by atoms with E-state index in [9.17, 15) is 18.1 Å². The molecule has 5 N–H and O–H groups in total. The monoisotopic (exact) mass is 718 g/mol. The molecule has 8 nitrogen and oxygen atoms in total. The molecule has 0 bridgehead atoms. The fraction of sp³-hybridized carbons (Fsp3) is 0.854. The third-order valence-electron chi connectivity index (χ3n) is 14.4. The molecule has 0 heterocycles. The maximum absolute atomic E-state index is 11.9. The number of aliphatic hydroxyl groups is 1. The normalized spacial score (nSPS) is 35.3. The first-order chi connectivity index (χ1) is 23.8. The summed E-state index contributed by atoms with van der Waals surface area (Å²) in [6.45, 7) is 16.6. The van der Waals surface area contributed by atoms with Crippen molar-refractivity contribution in [2.24, 2.45) is 52.3 Å². The van der Waals surface area contributed by atoms with Crippen molar-refractivity contribution in [3.8, 4) is 0 Å². The number of fused-ring (bicyclic) bond motifs is 5. The maximum Gasteiger partial charge on any atom is 0.397 e. The first kappa shape index (κ1) is 40.1. The highest BCUT2D eigenvalue weighted by Crippen LogP contribution is 2.68. The van der Waals surface area contributed by atoms with Gasteiger partial charge in [0.1, 0.15) is 0 Å². The highest BCUT2D eigenvalue weighted by molar-refractivity contribution is 7.80. The van der Waals surface area contributed by atoms with E-state index in [4.69, 9.17) is 4.18 Å². The lowest BCUT2D eigenvalue weighted by molar-refractivity contribution is -0.167. The molecule has 286 valence electrons. The van der Waals surface area contributed by atoms with Gasteiger partial charge >= 0.3 is 10.4 Å². The number of hydrogen-bond donors (Lipinski definition) is 5. The van der Waals surface area contributed by atoms with Crippen molar-refractivity contribution < 1.29 is 22.3 Å². The molecule has 5 rings (SSSR count). The number of aliphatic hydroxyl groups excluding tert-OH is 1. The van der Waals surface area contributed by atoms with E-state index in [1.54, 1.807) is 0 Å². The second-order valence-corrected chi connectivity index (χ2v) is 18.8. The van der Waals surface area contributed by atoms with E-state index in [-0.39, 0.29) is 17.4 Å². The molecule has 0 aliphatic heterocycles. The zero-order valence-electron chi connectivity index (χ0n) is 31.9. The van der Waals surface area contributed by atoms with Crippen LogP contribution in [0, 0.1) is 52.3 Å². The quantitative estimate of drug-likeness (QED) is 0.0743. The van der Waals surface area contributed by atoms with Gasteiger partial charge in [0.2, 0.25) is 0 Å². The van der Waals surface area contributed by atoms with Crippen LogP contribution in [0.4, 0.5) is 0 Å². The van der Waals surface area contributed by atoms with Gasteiger partial charge in [0, 0.05) is 12.6 Å². The van der Waals surface area contributed by atoms with E-state index in [0.717, 1.165) is 52.0 Å². The molecule has 0 aromatic heterocycles. The van der Waals surface area contributed by atoms with Gasteiger partial charge in [-0.3, -0.25) is 4.55 Å². The van der Waals surface area contributed by atoms with Crippen molar-refractivity contribution in [2.75, 3.05) is 26.2 Å². The predicted molar refractivity (Wildman–Crippen MR) is 203 cm³/mol. The molecule has 0 saturated heterocycles. The summed E-state index contributed by atoms with van der Waals surface area (Å²) >= 11 is 0. The average Bonchev–Trinajstić information content (AvgIpc) is 3.43. The third-order valence-corrected chi connectivity index (χ3v) is 14.9. The Kier molecular flexibility index (Phi) is 14.3. The Morgan fingerprint density at radius 3 is 2.24 bits per heavy atom. The van der Waals surface area contributed by atoms with Crippen molar-refractivity contribution in [2.45, 2.75) is 143 Å². The van der Waals surface area contributed by atoms with Gasteiger partial charge in [-0.1, -0.05) is 65.0 Å². The Morgan fingerprint density at radius 2 is 1.52 bits per heavy atom. The average molecular weight is 718 g/mol. The van der Waals surface area contributed by atoms with E-state index < -0.39 is 16.5 Å². The maximum atomic E-state index is 11.9. The molecule has 9 heteroatoms. The van der Waals surface area contributed by atoms with Crippen LogP contribution in [-0.4, -0.2) is 62.5 Å². The smallest absolute Gasteiger partial charge is 0.393 e. The summed E-state index contributed by atoms with van der Waals surface area (Å²) in [5.74, 6) is 3.19. The minimum atomic E-state index is -4.46. The predicted octanol–water partition coefficient (Wildman–Crippen LogP) is 7.38. The van der Waals surface area contributed by atoms with Gasteiger partial charge < -0.3 is 21.1 Å². The molecule has 4 saturated carbocycles. The Balaban J connectivity index is 1.02. The molecular formula is C41H71N3O5S. The summed E-state index contributed by atoms with van der Waals surface area (Å²) in [6.07, 6.45) is 13.9. The van der Waals surface area contributed by atoms with Gasteiger partial charge in [0.25, 0.3) is 0 Å². The van der Waals surface area contributed by atoms with Crippen molar-refractivity contribution in [1.82, 2.24) is 16.0 Å². The third kappa shape index (κ3) is 9.91. The Labute approximate surface area is 305 Å². The van der Waals surface area contributed by atoms with Crippen LogP contribution in [0.3, 0.4) is 0 Å². The molecule has 0 amide bonds. The van der Waals surface area contributed by atoms with Crippen molar-refractivity contribution in [1.29, 1.82) is 0 Å². The number of benzene rings is 1. The van der Waals surface area contributed by atoms with Gasteiger partial charge in [-0.05, 0) is 167 Å². The minimum absolute atomic E-state index is 0.0127. The molecule has 4 aliphatic rings. The number of unbranched alkanes of at least 4 members (excludes halogenated alkanes) is 1. The SMILES string of the molecule is CC(C)[C@@H](CC[C@@H](C)[C@H]1CCC2C3C(O)C[C@H]4C[C@@H](NCCCNCCCCNCc5ccccc5)CC[C@]4(C)C3CC[C@@]21C)OS(=O)(=O)O. The molecule has 0 spiro atoms. The topological polar surface area (TPSA) is 120 Å². The van der Waals surface area contributed by atoms with E-state index >= 15 is 0 Å². The Morgan fingerprint density at radius 1 is 0.840 bits per heavy atom. The van der Waals surface area contributed by atoms with Crippen molar-refractivity contribution in [3.05, 3.63) is 35.9 Å². The van der Waals surface area contributed by atoms with Crippen LogP contribution in [0.15, 0.2) is 30.3 Å². The molecule has 4 aliphatic carbocycles. The lowest BCUT2D eigenvalue weighted by Gasteiger charge is -2.62. The van der Waals surface area contributed by atoms with Crippen LogP contribution in [0.25, 0.3) is 0 Å². The van der Waals surface area contributed by atoms with Crippen LogP contribution in [0.1, 0.15) is 124 Å². The summed E-state index contributed by atoms with van der Waals surface area (Å²) in [5, 5.41) is 23.0. The zero-order chi connectivity index (χ0) is 35.9. The first-order valence-corrected chi connectivity index (χ1v) is 21.7. The largest absolute Gasteiger partial charge is 0.397 e. The molecule has 0 radical (unpaired) electrons. The second-order valence-electron chi connectivity index (χ2n) is 17.8. The van der Waals surface area contributed by atoms with Gasteiger partial charge in [-0.15, -0.1) is 0 Å². The fourth-order valence-electron chi connectivity index (χ4n) is 11.6. The summed E-state index contributed by atoms with van der Waals surface area (Å²) in [5.41, 5.74) is 1.88. The van der Waals surface area contributed by atoms with Crippen LogP contribution < -0.4 is 16.0 Å². The Hall–Kier alpha value is -1.07. The fourth-order valence-corrected chi connectivity index (χ4v) is 12.3. The molecule has 1 aromatic carbocycles. The van der Waals surface area contributed by atoms with Gasteiger partial charge in [-0.2, -0.15) is 8.42 Å². The summed E-state index contributed by atoms with van der Waals surface area (Å²) in [4.78, 5) is 0. The lowest BCUT2D eigenvalue weighted by Crippen LogP contribution is -2.59. The van der Waals surface area contributed by atoms with Gasteiger partial charge in [0.05, 0.1) is 12.2 Å². The molecule has 4 unspecified atom stereocenters. The van der Waals surface area contributed by atoms with Gasteiger partial charge in [-0.25, -0.2) is 4.18 Å². The summed E-state index contributed by atoms with van der Waals surface area (Å²) in [7, 11) is -4.46. The van der Waals surface area contributed by atoms with Crippen molar-refractivity contribution in [3.63, 3.8) is 0 Å².